The largest absolute Gasteiger partial charge is 0.492 e. The fourth-order valence-corrected chi connectivity index (χ4v) is 2.16. The molecule has 0 radical (unpaired) electrons. The average molecular weight is 340 g/mol. The normalized spacial score (nSPS) is 13.4. The van der Waals surface area contributed by atoms with E-state index in [1.807, 2.05) is 6.92 Å². The van der Waals surface area contributed by atoms with E-state index < -0.39 is 12.2 Å². The van der Waals surface area contributed by atoms with Crippen molar-refractivity contribution in [1.82, 2.24) is 5.32 Å². The van der Waals surface area contributed by atoms with Crippen molar-refractivity contribution in [2.45, 2.75) is 32.5 Å². The molecule has 0 saturated carbocycles. The lowest BCUT2D eigenvalue weighted by Gasteiger charge is -2.22. The van der Waals surface area contributed by atoms with Crippen molar-refractivity contribution in [3.8, 4) is 5.75 Å². The number of rotatable bonds is 6. The van der Waals surface area contributed by atoms with Crippen molar-refractivity contribution in [2.24, 2.45) is 0 Å². The lowest BCUT2D eigenvalue weighted by Crippen LogP contribution is -2.34. The summed E-state index contributed by atoms with van der Waals surface area (Å²) in [5.74, 6) is 0.558. The van der Waals surface area contributed by atoms with Gasteiger partial charge in [-0.3, -0.25) is 0 Å². The van der Waals surface area contributed by atoms with Gasteiger partial charge in [-0.2, -0.15) is 13.2 Å². The Kier molecular flexibility index (Phi) is 6.13. The first-order chi connectivity index (χ1) is 8.90. The zero-order valence-corrected chi connectivity index (χ0v) is 12.4. The standard InChI is InChI=1S/C13H17BrF3NO/c1-3-7-19-11-6-5-9(8-10(11)14)12(18-4-2)13(15,16)17/h5-6,8,12,18H,3-4,7H2,1-2H3. The van der Waals surface area contributed by atoms with Gasteiger partial charge in [0, 0.05) is 0 Å². The van der Waals surface area contributed by atoms with Crippen molar-refractivity contribution in [3.05, 3.63) is 28.2 Å². The maximum atomic E-state index is 12.9. The highest BCUT2D eigenvalue weighted by atomic mass is 79.9. The zero-order chi connectivity index (χ0) is 14.5. The van der Waals surface area contributed by atoms with E-state index in [4.69, 9.17) is 4.74 Å². The van der Waals surface area contributed by atoms with Crippen LogP contribution in [0.1, 0.15) is 31.9 Å². The number of hydrogen-bond donors (Lipinski definition) is 1. The molecule has 1 aromatic carbocycles. The van der Waals surface area contributed by atoms with Crippen LogP contribution >= 0.6 is 15.9 Å². The van der Waals surface area contributed by atoms with Gasteiger partial charge in [-0.15, -0.1) is 0 Å². The molecule has 0 saturated heterocycles. The lowest BCUT2D eigenvalue weighted by molar-refractivity contribution is -0.157. The van der Waals surface area contributed by atoms with Gasteiger partial charge in [0.2, 0.25) is 0 Å². The van der Waals surface area contributed by atoms with Crippen molar-refractivity contribution in [1.29, 1.82) is 0 Å². The van der Waals surface area contributed by atoms with Crippen molar-refractivity contribution >= 4 is 15.9 Å². The molecule has 0 aliphatic heterocycles. The predicted molar refractivity (Wildman–Crippen MR) is 72.4 cm³/mol. The van der Waals surface area contributed by atoms with E-state index in [0.717, 1.165) is 6.42 Å². The summed E-state index contributed by atoms with van der Waals surface area (Å²) in [6.45, 7) is 4.39. The second kappa shape index (κ2) is 7.14. The van der Waals surface area contributed by atoms with Crippen LogP contribution in [0.3, 0.4) is 0 Å². The molecule has 0 aliphatic rings. The molecule has 0 aliphatic carbocycles. The number of hydrogen-bond acceptors (Lipinski definition) is 2. The lowest BCUT2D eigenvalue weighted by atomic mass is 10.1. The van der Waals surface area contributed by atoms with E-state index in [1.54, 1.807) is 13.0 Å². The van der Waals surface area contributed by atoms with Gasteiger partial charge in [0.05, 0.1) is 11.1 Å². The molecule has 1 N–H and O–H groups in total. The second-order valence-electron chi connectivity index (χ2n) is 4.07. The Morgan fingerprint density at radius 2 is 2.00 bits per heavy atom. The van der Waals surface area contributed by atoms with Crippen LogP contribution in [0.4, 0.5) is 13.2 Å². The van der Waals surface area contributed by atoms with Gasteiger partial charge >= 0.3 is 6.18 Å². The summed E-state index contributed by atoms with van der Waals surface area (Å²) >= 11 is 3.24. The summed E-state index contributed by atoms with van der Waals surface area (Å²) in [6, 6.07) is 2.79. The first-order valence-electron chi connectivity index (χ1n) is 6.12. The highest BCUT2D eigenvalue weighted by Gasteiger charge is 2.40. The Hall–Kier alpha value is -0.750. The third-order valence-electron chi connectivity index (χ3n) is 2.49. The summed E-state index contributed by atoms with van der Waals surface area (Å²) in [4.78, 5) is 0. The molecule has 19 heavy (non-hydrogen) atoms. The second-order valence-corrected chi connectivity index (χ2v) is 4.92. The van der Waals surface area contributed by atoms with Gasteiger partial charge in [0.15, 0.2) is 0 Å². The van der Waals surface area contributed by atoms with E-state index in [9.17, 15) is 13.2 Å². The van der Waals surface area contributed by atoms with E-state index in [0.29, 0.717) is 16.8 Å². The topological polar surface area (TPSA) is 21.3 Å². The summed E-state index contributed by atoms with van der Waals surface area (Å²) in [5.41, 5.74) is 0.171. The van der Waals surface area contributed by atoms with Crippen molar-refractivity contribution in [2.75, 3.05) is 13.2 Å². The molecule has 0 fully saturated rings. The van der Waals surface area contributed by atoms with Gasteiger partial charge in [-0.25, -0.2) is 0 Å². The van der Waals surface area contributed by atoms with Gasteiger partial charge in [-0.1, -0.05) is 19.9 Å². The molecule has 1 unspecified atom stereocenters. The first kappa shape index (κ1) is 16.3. The summed E-state index contributed by atoms with van der Waals surface area (Å²) in [7, 11) is 0. The van der Waals surface area contributed by atoms with Gasteiger partial charge in [0.25, 0.3) is 0 Å². The molecule has 2 nitrogen and oxygen atoms in total. The number of halogens is 4. The molecule has 0 heterocycles. The molecule has 6 heteroatoms. The Balaban J connectivity index is 2.96. The van der Waals surface area contributed by atoms with E-state index in [2.05, 4.69) is 21.2 Å². The maximum Gasteiger partial charge on any atom is 0.407 e. The van der Waals surface area contributed by atoms with Crippen molar-refractivity contribution in [3.63, 3.8) is 0 Å². The Morgan fingerprint density at radius 1 is 1.32 bits per heavy atom. The zero-order valence-electron chi connectivity index (χ0n) is 10.9. The quantitative estimate of drug-likeness (QED) is 0.826. The van der Waals surface area contributed by atoms with Crippen LogP contribution in [0.15, 0.2) is 22.7 Å². The Labute approximate surface area is 119 Å². The third kappa shape index (κ3) is 4.69. The number of ether oxygens (including phenoxy) is 1. The van der Waals surface area contributed by atoms with Gasteiger partial charge < -0.3 is 10.1 Å². The molecule has 1 atom stereocenters. The summed E-state index contributed by atoms with van der Waals surface area (Å²) in [5, 5.41) is 2.44. The Bertz CT molecular complexity index is 409. The first-order valence-corrected chi connectivity index (χ1v) is 6.91. The minimum absolute atomic E-state index is 0.171. The summed E-state index contributed by atoms with van der Waals surface area (Å²) < 4.78 is 44.7. The molecule has 1 rings (SSSR count). The maximum absolute atomic E-state index is 12.9. The predicted octanol–water partition coefficient (Wildman–Crippen LogP) is 4.45. The molecule has 0 spiro atoms. The number of nitrogens with one attached hydrogen (secondary N) is 1. The van der Waals surface area contributed by atoms with Crippen LogP contribution in [0.25, 0.3) is 0 Å². The fraction of sp³-hybridized carbons (Fsp3) is 0.538. The van der Waals surface area contributed by atoms with Crippen LogP contribution in [0.2, 0.25) is 0 Å². The molecule has 0 amide bonds. The van der Waals surface area contributed by atoms with Crippen LogP contribution in [0.5, 0.6) is 5.75 Å². The van der Waals surface area contributed by atoms with E-state index >= 15 is 0 Å². The smallest absolute Gasteiger partial charge is 0.407 e. The molecule has 1 aromatic rings. The fourth-order valence-electron chi connectivity index (χ4n) is 1.65. The molecular weight excluding hydrogens is 323 g/mol. The van der Waals surface area contributed by atoms with E-state index in [-0.39, 0.29) is 12.1 Å². The molecule has 108 valence electrons. The van der Waals surface area contributed by atoms with Crippen LogP contribution in [-0.2, 0) is 0 Å². The minimum atomic E-state index is -4.32. The number of alkyl halides is 3. The third-order valence-corrected chi connectivity index (χ3v) is 3.11. The number of benzene rings is 1. The van der Waals surface area contributed by atoms with Crippen LogP contribution < -0.4 is 10.1 Å². The SMILES string of the molecule is CCCOc1ccc(C(NCC)C(F)(F)F)cc1Br. The molecule has 0 aromatic heterocycles. The summed E-state index contributed by atoms with van der Waals surface area (Å²) in [6.07, 6.45) is -3.47. The van der Waals surface area contributed by atoms with Gasteiger partial charge in [0.1, 0.15) is 11.8 Å². The molecule has 0 bridgehead atoms. The monoisotopic (exact) mass is 339 g/mol. The Morgan fingerprint density at radius 3 is 2.47 bits per heavy atom. The highest BCUT2D eigenvalue weighted by Crippen LogP contribution is 2.36. The van der Waals surface area contributed by atoms with Crippen LogP contribution in [-0.4, -0.2) is 19.3 Å². The average Bonchev–Trinajstić information content (AvgIpc) is 2.33. The highest BCUT2D eigenvalue weighted by molar-refractivity contribution is 9.10. The van der Waals surface area contributed by atoms with E-state index in [1.165, 1.54) is 12.1 Å². The minimum Gasteiger partial charge on any atom is -0.492 e. The molecular formula is C13H17BrF3NO. The van der Waals surface area contributed by atoms with Crippen molar-refractivity contribution < 1.29 is 17.9 Å². The van der Waals surface area contributed by atoms with Gasteiger partial charge in [-0.05, 0) is 46.6 Å². The van der Waals surface area contributed by atoms with Crippen LogP contribution in [0, 0.1) is 0 Å².